The van der Waals surface area contributed by atoms with Crippen LogP contribution in [0.1, 0.15) is 28.4 Å². The maximum absolute atomic E-state index is 12.2. The molecule has 0 fully saturated rings. The lowest BCUT2D eigenvalue weighted by molar-refractivity contribution is -0.119. The molecule has 0 bridgehead atoms. The van der Waals surface area contributed by atoms with Crippen molar-refractivity contribution in [3.05, 3.63) is 65.2 Å². The van der Waals surface area contributed by atoms with E-state index in [-0.39, 0.29) is 17.6 Å². The first-order valence-electron chi connectivity index (χ1n) is 9.27. The van der Waals surface area contributed by atoms with E-state index in [0.29, 0.717) is 11.3 Å². The highest BCUT2D eigenvalue weighted by Gasteiger charge is 2.12. The maximum Gasteiger partial charge on any atom is 0.269 e. The highest BCUT2D eigenvalue weighted by atomic mass is 32.2. The number of amides is 2. The van der Waals surface area contributed by atoms with Crippen molar-refractivity contribution in [3.63, 3.8) is 0 Å². The van der Waals surface area contributed by atoms with Crippen LogP contribution in [0.15, 0.2) is 53.6 Å². The van der Waals surface area contributed by atoms with Gasteiger partial charge < -0.3 is 4.74 Å². The Morgan fingerprint density at radius 3 is 2.55 bits per heavy atom. The Morgan fingerprint density at radius 2 is 1.86 bits per heavy atom. The van der Waals surface area contributed by atoms with E-state index in [9.17, 15) is 9.59 Å². The monoisotopic (exact) mass is 409 g/mol. The molecule has 150 valence electrons. The lowest BCUT2D eigenvalue weighted by atomic mass is 10.1. The van der Waals surface area contributed by atoms with Gasteiger partial charge in [-0.2, -0.15) is 0 Å². The number of carbonyl (C=O) groups is 2. The van der Waals surface area contributed by atoms with E-state index in [1.807, 2.05) is 25.1 Å². The molecule has 1 aromatic heterocycles. The first kappa shape index (κ1) is 20.7. The largest absolute Gasteiger partial charge is 0.497 e. The Hall–Kier alpha value is -3.06. The van der Waals surface area contributed by atoms with Gasteiger partial charge in [-0.25, -0.2) is 4.98 Å². The van der Waals surface area contributed by atoms with Crippen LogP contribution < -0.4 is 15.6 Å². The summed E-state index contributed by atoms with van der Waals surface area (Å²) in [5.41, 5.74) is 8.45. The minimum atomic E-state index is -0.389. The van der Waals surface area contributed by atoms with Crippen molar-refractivity contribution in [1.82, 2.24) is 15.8 Å². The SMILES string of the molecule is CCc1cc2cccc(C)c2nc1SCC(=O)NNC(=O)c1ccc(OC)cc1. The first-order chi connectivity index (χ1) is 14.0. The van der Waals surface area contributed by atoms with E-state index >= 15 is 0 Å². The minimum absolute atomic E-state index is 0.153. The molecule has 0 saturated carbocycles. The molecule has 7 heteroatoms. The van der Waals surface area contributed by atoms with Crippen LogP contribution in [-0.2, 0) is 11.2 Å². The number of pyridine rings is 1. The van der Waals surface area contributed by atoms with Crippen LogP contribution in [-0.4, -0.2) is 29.7 Å². The fraction of sp³-hybridized carbons (Fsp3) is 0.227. The molecule has 0 aliphatic heterocycles. The zero-order valence-corrected chi connectivity index (χ0v) is 17.4. The Labute approximate surface area is 174 Å². The number of aryl methyl sites for hydroxylation is 2. The van der Waals surface area contributed by atoms with Gasteiger partial charge in [-0.15, -0.1) is 0 Å². The smallest absolute Gasteiger partial charge is 0.269 e. The summed E-state index contributed by atoms with van der Waals surface area (Å²) in [5, 5.41) is 1.94. The molecule has 2 aromatic carbocycles. The molecule has 3 aromatic rings. The van der Waals surface area contributed by atoms with Gasteiger partial charge in [-0.1, -0.05) is 36.9 Å². The summed E-state index contributed by atoms with van der Waals surface area (Å²) >= 11 is 1.36. The molecule has 0 radical (unpaired) electrons. The number of nitrogens with zero attached hydrogens (tertiary/aromatic N) is 1. The van der Waals surface area contributed by atoms with Crippen molar-refractivity contribution in [1.29, 1.82) is 0 Å². The molecule has 0 atom stereocenters. The number of rotatable bonds is 6. The third-order valence-electron chi connectivity index (χ3n) is 4.48. The standard InChI is InChI=1S/C22H23N3O3S/c1-4-15-12-17-7-5-6-14(2)20(17)23-22(15)29-13-19(26)24-25-21(27)16-8-10-18(28-3)11-9-16/h5-12H,4,13H2,1-3H3,(H,24,26)(H,25,27). The first-order valence-corrected chi connectivity index (χ1v) is 10.3. The number of methoxy groups -OCH3 is 1. The van der Waals surface area contributed by atoms with Crippen molar-refractivity contribution in [2.24, 2.45) is 0 Å². The van der Waals surface area contributed by atoms with Crippen LogP contribution >= 0.6 is 11.8 Å². The van der Waals surface area contributed by atoms with Crippen LogP contribution in [0.25, 0.3) is 10.9 Å². The quantitative estimate of drug-likeness (QED) is 0.480. The predicted molar refractivity (Wildman–Crippen MR) is 115 cm³/mol. The molecule has 29 heavy (non-hydrogen) atoms. The molecule has 0 spiro atoms. The van der Waals surface area contributed by atoms with E-state index in [0.717, 1.165) is 33.5 Å². The highest BCUT2D eigenvalue weighted by molar-refractivity contribution is 7.99. The van der Waals surface area contributed by atoms with E-state index < -0.39 is 0 Å². The molecule has 0 unspecified atom stereocenters. The van der Waals surface area contributed by atoms with Gasteiger partial charge in [0.2, 0.25) is 5.91 Å². The maximum atomic E-state index is 12.2. The summed E-state index contributed by atoms with van der Waals surface area (Å²) < 4.78 is 5.06. The van der Waals surface area contributed by atoms with Crippen molar-refractivity contribution in [3.8, 4) is 5.75 Å². The zero-order chi connectivity index (χ0) is 20.8. The lowest BCUT2D eigenvalue weighted by Gasteiger charge is -2.11. The molecule has 2 N–H and O–H groups in total. The molecule has 0 aliphatic carbocycles. The Bertz CT molecular complexity index is 1040. The number of hydrazine groups is 1. The number of hydrogen-bond donors (Lipinski definition) is 2. The van der Waals surface area contributed by atoms with Gasteiger partial charge in [0.15, 0.2) is 0 Å². The number of carbonyl (C=O) groups excluding carboxylic acids is 2. The third-order valence-corrected chi connectivity index (χ3v) is 5.51. The average molecular weight is 410 g/mol. The van der Waals surface area contributed by atoms with Crippen molar-refractivity contribution in [2.75, 3.05) is 12.9 Å². The number of thioether (sulfide) groups is 1. The van der Waals surface area contributed by atoms with Gasteiger partial charge >= 0.3 is 0 Å². The van der Waals surface area contributed by atoms with Gasteiger partial charge in [0.1, 0.15) is 10.8 Å². The summed E-state index contributed by atoms with van der Waals surface area (Å²) in [4.78, 5) is 29.1. The summed E-state index contributed by atoms with van der Waals surface area (Å²) in [7, 11) is 1.56. The highest BCUT2D eigenvalue weighted by Crippen LogP contribution is 2.26. The van der Waals surface area contributed by atoms with Crippen molar-refractivity contribution in [2.45, 2.75) is 25.3 Å². The second-order valence-corrected chi connectivity index (χ2v) is 7.44. The van der Waals surface area contributed by atoms with Crippen molar-refractivity contribution < 1.29 is 14.3 Å². The number of aromatic nitrogens is 1. The number of hydrogen-bond acceptors (Lipinski definition) is 5. The lowest BCUT2D eigenvalue weighted by Crippen LogP contribution is -2.42. The van der Waals surface area contributed by atoms with Gasteiger partial charge in [0.05, 0.1) is 18.4 Å². The minimum Gasteiger partial charge on any atom is -0.497 e. The second-order valence-electron chi connectivity index (χ2n) is 6.47. The average Bonchev–Trinajstić information content (AvgIpc) is 2.75. The van der Waals surface area contributed by atoms with Crippen LogP contribution in [0.3, 0.4) is 0 Å². The van der Waals surface area contributed by atoms with E-state index in [2.05, 4.69) is 23.8 Å². The van der Waals surface area contributed by atoms with Gasteiger partial charge in [-0.05, 0) is 54.8 Å². The molecule has 2 amide bonds. The van der Waals surface area contributed by atoms with Gasteiger partial charge in [0.25, 0.3) is 5.91 Å². The molecule has 0 aliphatic rings. The molecule has 6 nitrogen and oxygen atoms in total. The molecular formula is C22H23N3O3S. The van der Waals surface area contributed by atoms with E-state index in [4.69, 9.17) is 9.72 Å². The molecule has 1 heterocycles. The van der Waals surface area contributed by atoms with E-state index in [1.54, 1.807) is 31.4 Å². The van der Waals surface area contributed by atoms with Gasteiger partial charge in [-0.3, -0.25) is 20.4 Å². The second kappa shape index (κ2) is 9.43. The number of fused-ring (bicyclic) bond motifs is 1. The Balaban J connectivity index is 1.60. The van der Waals surface area contributed by atoms with Crippen LogP contribution in [0.4, 0.5) is 0 Å². The topological polar surface area (TPSA) is 80.3 Å². The fourth-order valence-corrected chi connectivity index (χ4v) is 3.75. The van der Waals surface area contributed by atoms with E-state index in [1.165, 1.54) is 11.8 Å². The summed E-state index contributed by atoms with van der Waals surface area (Å²) in [5.74, 6) is 0.123. The summed E-state index contributed by atoms with van der Waals surface area (Å²) in [6.45, 7) is 4.09. The molecule has 3 rings (SSSR count). The zero-order valence-electron chi connectivity index (χ0n) is 16.6. The molecule has 0 saturated heterocycles. The van der Waals surface area contributed by atoms with Crippen molar-refractivity contribution >= 4 is 34.5 Å². The van der Waals surface area contributed by atoms with Crippen LogP contribution in [0.2, 0.25) is 0 Å². The third kappa shape index (κ3) is 5.06. The summed E-state index contributed by atoms with van der Waals surface area (Å²) in [6, 6.07) is 14.8. The number of para-hydroxylation sites is 1. The number of benzene rings is 2. The Morgan fingerprint density at radius 1 is 1.10 bits per heavy atom. The van der Waals surface area contributed by atoms with Crippen LogP contribution in [0, 0.1) is 6.92 Å². The van der Waals surface area contributed by atoms with Gasteiger partial charge in [0, 0.05) is 10.9 Å². The Kier molecular flexibility index (Phi) is 6.72. The fourth-order valence-electron chi connectivity index (χ4n) is 2.86. The van der Waals surface area contributed by atoms with Crippen LogP contribution in [0.5, 0.6) is 5.75 Å². The normalized spacial score (nSPS) is 10.6. The molecular weight excluding hydrogens is 386 g/mol. The summed E-state index contributed by atoms with van der Waals surface area (Å²) in [6.07, 6.45) is 0.828. The number of ether oxygens (including phenoxy) is 1. The predicted octanol–water partition coefficient (Wildman–Crippen LogP) is 3.67. The number of nitrogens with one attached hydrogen (secondary N) is 2.